The largest absolute Gasteiger partial charge is 0.493 e. The average molecular weight is 429 g/mol. The molecule has 0 unspecified atom stereocenters. The topological polar surface area (TPSA) is 71.5 Å². The number of ether oxygens (including phenoxy) is 3. The molecule has 1 fully saturated rings. The molecule has 1 heterocycles. The number of benzene rings is 2. The van der Waals surface area contributed by atoms with E-state index in [0.29, 0.717) is 30.3 Å². The Morgan fingerprint density at radius 3 is 2.19 bits per heavy atom. The first kappa shape index (κ1) is 22.9. The predicted octanol–water partition coefficient (Wildman–Crippen LogP) is 3.27. The Labute approximate surface area is 184 Å². The number of carbonyl (C=O) groups is 1. The van der Waals surface area contributed by atoms with Crippen molar-refractivity contribution in [1.82, 2.24) is 9.80 Å². The minimum Gasteiger partial charge on any atom is -0.493 e. The zero-order valence-corrected chi connectivity index (χ0v) is 18.4. The number of aliphatic carboxylic acids is 1. The number of hydrogen-bond acceptors (Lipinski definition) is 6. The first-order valence-corrected chi connectivity index (χ1v) is 10.7. The molecule has 2 aromatic rings. The SMILES string of the molecule is COc1ccc(CN2CCN(Cc3ccccc3)CC2)c(OCCCC(=O)O)c1OC. The third-order valence-corrected chi connectivity index (χ3v) is 5.47. The highest BCUT2D eigenvalue weighted by Crippen LogP contribution is 2.40. The van der Waals surface area contributed by atoms with Crippen LogP contribution in [0.5, 0.6) is 17.2 Å². The Morgan fingerprint density at radius 2 is 1.58 bits per heavy atom. The van der Waals surface area contributed by atoms with Crippen LogP contribution in [0.3, 0.4) is 0 Å². The van der Waals surface area contributed by atoms with E-state index in [-0.39, 0.29) is 6.42 Å². The van der Waals surface area contributed by atoms with Crippen LogP contribution in [0.4, 0.5) is 0 Å². The normalized spacial score (nSPS) is 14.9. The molecular formula is C24H32N2O5. The smallest absolute Gasteiger partial charge is 0.303 e. The number of rotatable bonds is 11. The second-order valence-corrected chi connectivity index (χ2v) is 7.67. The van der Waals surface area contributed by atoms with E-state index in [1.54, 1.807) is 14.2 Å². The maximum atomic E-state index is 10.8. The van der Waals surface area contributed by atoms with Crippen molar-refractivity contribution in [2.75, 3.05) is 47.0 Å². The summed E-state index contributed by atoms with van der Waals surface area (Å²) in [6, 6.07) is 14.5. The molecule has 0 radical (unpaired) electrons. The molecule has 1 aliphatic rings. The van der Waals surface area contributed by atoms with Gasteiger partial charge in [-0.15, -0.1) is 0 Å². The first-order valence-electron chi connectivity index (χ1n) is 10.7. The highest BCUT2D eigenvalue weighted by atomic mass is 16.5. The summed E-state index contributed by atoms with van der Waals surface area (Å²) in [4.78, 5) is 15.7. The van der Waals surface area contributed by atoms with Crippen molar-refractivity contribution in [3.05, 3.63) is 53.6 Å². The number of carboxylic acids is 1. The molecule has 31 heavy (non-hydrogen) atoms. The first-order chi connectivity index (χ1) is 15.1. The minimum atomic E-state index is -0.824. The molecule has 0 bridgehead atoms. The van der Waals surface area contributed by atoms with E-state index in [2.05, 4.69) is 34.1 Å². The van der Waals surface area contributed by atoms with Gasteiger partial charge in [0, 0.05) is 51.3 Å². The van der Waals surface area contributed by atoms with Crippen LogP contribution < -0.4 is 14.2 Å². The lowest BCUT2D eigenvalue weighted by molar-refractivity contribution is -0.137. The highest BCUT2D eigenvalue weighted by molar-refractivity contribution is 5.66. The van der Waals surface area contributed by atoms with Crippen LogP contribution in [-0.2, 0) is 17.9 Å². The maximum absolute atomic E-state index is 10.8. The monoisotopic (exact) mass is 428 g/mol. The van der Waals surface area contributed by atoms with Crippen LogP contribution in [0.2, 0.25) is 0 Å². The number of methoxy groups -OCH3 is 2. The standard InChI is InChI=1S/C24H32N2O5/c1-29-21-11-10-20(23(24(21)30-2)31-16-6-9-22(27)28)18-26-14-12-25(13-15-26)17-19-7-4-3-5-8-19/h3-5,7-8,10-11H,6,9,12-18H2,1-2H3,(H,27,28). The molecule has 2 aromatic carbocycles. The van der Waals surface area contributed by atoms with Crippen molar-refractivity contribution in [1.29, 1.82) is 0 Å². The van der Waals surface area contributed by atoms with Crippen LogP contribution in [0.15, 0.2) is 42.5 Å². The maximum Gasteiger partial charge on any atom is 0.303 e. The van der Waals surface area contributed by atoms with Crippen LogP contribution >= 0.6 is 0 Å². The van der Waals surface area contributed by atoms with Crippen molar-refractivity contribution < 1.29 is 24.1 Å². The summed E-state index contributed by atoms with van der Waals surface area (Å²) in [6.45, 7) is 6.00. The fourth-order valence-corrected chi connectivity index (χ4v) is 3.81. The van der Waals surface area contributed by atoms with Gasteiger partial charge < -0.3 is 19.3 Å². The molecule has 0 aromatic heterocycles. The van der Waals surface area contributed by atoms with Crippen LogP contribution in [0.1, 0.15) is 24.0 Å². The van der Waals surface area contributed by atoms with Crippen molar-refractivity contribution in [3.8, 4) is 17.2 Å². The molecule has 0 atom stereocenters. The van der Waals surface area contributed by atoms with Crippen molar-refractivity contribution in [2.45, 2.75) is 25.9 Å². The summed E-state index contributed by atoms with van der Waals surface area (Å²) in [5, 5.41) is 8.87. The van der Waals surface area contributed by atoms with Gasteiger partial charge in [-0.25, -0.2) is 0 Å². The Hall–Kier alpha value is -2.77. The van der Waals surface area contributed by atoms with Crippen LogP contribution in [0.25, 0.3) is 0 Å². The van der Waals surface area contributed by atoms with Crippen molar-refractivity contribution in [3.63, 3.8) is 0 Å². The molecule has 0 saturated carbocycles. The third kappa shape index (κ3) is 6.60. The van der Waals surface area contributed by atoms with Gasteiger partial charge >= 0.3 is 5.97 Å². The molecule has 168 valence electrons. The second kappa shape index (κ2) is 11.6. The number of carboxylic acid groups (broad SMARTS) is 1. The van der Waals surface area contributed by atoms with Crippen LogP contribution in [-0.4, -0.2) is 67.9 Å². The second-order valence-electron chi connectivity index (χ2n) is 7.67. The molecule has 1 aliphatic heterocycles. The van der Waals surface area contributed by atoms with Gasteiger partial charge in [-0.2, -0.15) is 0 Å². The van der Waals surface area contributed by atoms with E-state index in [1.165, 1.54) is 5.56 Å². The average Bonchev–Trinajstić information content (AvgIpc) is 2.79. The zero-order chi connectivity index (χ0) is 22.1. The lowest BCUT2D eigenvalue weighted by Crippen LogP contribution is -2.45. The van der Waals surface area contributed by atoms with Crippen molar-refractivity contribution >= 4 is 5.97 Å². The van der Waals surface area contributed by atoms with E-state index >= 15 is 0 Å². The van der Waals surface area contributed by atoms with Gasteiger partial charge in [0.2, 0.25) is 5.75 Å². The highest BCUT2D eigenvalue weighted by Gasteiger charge is 2.22. The molecule has 3 rings (SSSR count). The van der Waals surface area contributed by atoms with Gasteiger partial charge in [-0.3, -0.25) is 14.6 Å². The van der Waals surface area contributed by atoms with E-state index in [9.17, 15) is 4.79 Å². The van der Waals surface area contributed by atoms with Gasteiger partial charge in [0.15, 0.2) is 11.5 Å². The fraction of sp³-hybridized carbons (Fsp3) is 0.458. The van der Waals surface area contributed by atoms with Gasteiger partial charge in [-0.05, 0) is 18.1 Å². The van der Waals surface area contributed by atoms with Crippen molar-refractivity contribution in [2.24, 2.45) is 0 Å². The van der Waals surface area contributed by atoms with Gasteiger partial charge in [0.1, 0.15) is 0 Å². The molecular weight excluding hydrogens is 396 g/mol. The summed E-state index contributed by atoms with van der Waals surface area (Å²) in [5.74, 6) is 0.971. The Morgan fingerprint density at radius 1 is 0.903 bits per heavy atom. The molecule has 7 heteroatoms. The molecule has 7 nitrogen and oxygen atoms in total. The van der Waals surface area contributed by atoms with E-state index in [0.717, 1.165) is 44.8 Å². The summed E-state index contributed by atoms with van der Waals surface area (Å²) >= 11 is 0. The zero-order valence-electron chi connectivity index (χ0n) is 18.4. The summed E-state index contributed by atoms with van der Waals surface area (Å²) < 4.78 is 17.0. The number of hydrogen-bond donors (Lipinski definition) is 1. The van der Waals surface area contributed by atoms with Gasteiger partial charge in [-0.1, -0.05) is 36.4 Å². The third-order valence-electron chi connectivity index (χ3n) is 5.47. The van der Waals surface area contributed by atoms with Gasteiger partial charge in [0.05, 0.1) is 20.8 Å². The lowest BCUT2D eigenvalue weighted by atomic mass is 10.1. The summed E-state index contributed by atoms with van der Waals surface area (Å²) in [5.41, 5.74) is 2.36. The molecule has 1 saturated heterocycles. The fourth-order valence-electron chi connectivity index (χ4n) is 3.81. The summed E-state index contributed by atoms with van der Waals surface area (Å²) in [7, 11) is 3.19. The predicted molar refractivity (Wildman–Crippen MR) is 119 cm³/mol. The molecule has 1 N–H and O–H groups in total. The molecule has 0 spiro atoms. The number of nitrogens with zero attached hydrogens (tertiary/aromatic N) is 2. The van der Waals surface area contributed by atoms with E-state index in [4.69, 9.17) is 19.3 Å². The van der Waals surface area contributed by atoms with E-state index < -0.39 is 5.97 Å². The Kier molecular flexibility index (Phi) is 8.55. The minimum absolute atomic E-state index is 0.0744. The molecule has 0 aliphatic carbocycles. The number of piperazine rings is 1. The summed E-state index contributed by atoms with van der Waals surface area (Å²) in [6.07, 6.45) is 0.512. The molecule has 0 amide bonds. The van der Waals surface area contributed by atoms with Crippen LogP contribution in [0, 0.1) is 0 Å². The van der Waals surface area contributed by atoms with Gasteiger partial charge in [0.25, 0.3) is 0 Å². The Balaban J connectivity index is 1.62. The Bertz CT molecular complexity index is 835. The van der Waals surface area contributed by atoms with E-state index in [1.807, 2.05) is 18.2 Å². The lowest BCUT2D eigenvalue weighted by Gasteiger charge is -2.35. The quantitative estimate of drug-likeness (QED) is 0.551.